The Bertz CT molecular complexity index is 628. The predicted octanol–water partition coefficient (Wildman–Crippen LogP) is 3.02. The van der Waals surface area contributed by atoms with Crippen LogP contribution in [0.3, 0.4) is 0 Å². The van der Waals surface area contributed by atoms with Crippen LogP contribution in [0.15, 0.2) is 41.0 Å². The number of fused-ring (bicyclic) bond motifs is 2. The Morgan fingerprint density at radius 3 is 2.87 bits per heavy atom. The van der Waals surface area contributed by atoms with Gasteiger partial charge in [0.1, 0.15) is 0 Å². The quantitative estimate of drug-likeness (QED) is 0.653. The van der Waals surface area contributed by atoms with Gasteiger partial charge in [-0.3, -0.25) is 0 Å². The summed E-state index contributed by atoms with van der Waals surface area (Å²) in [6.07, 6.45) is 1.66. The number of nitrogens with zero attached hydrogens (tertiary/aromatic N) is 1. The van der Waals surface area contributed by atoms with Crippen LogP contribution in [0.25, 0.3) is 22.0 Å². The van der Waals surface area contributed by atoms with E-state index in [1.54, 1.807) is 6.26 Å². The van der Waals surface area contributed by atoms with E-state index in [0.29, 0.717) is 5.71 Å². The number of benzene rings is 1. The Balaban J connectivity index is 2.57. The van der Waals surface area contributed by atoms with Gasteiger partial charge in [0.05, 0.1) is 22.9 Å². The molecule has 0 saturated carbocycles. The number of anilines is 1. The van der Waals surface area contributed by atoms with E-state index >= 15 is 0 Å². The minimum absolute atomic E-state index is 0.679. The van der Waals surface area contributed by atoms with Crippen LogP contribution in [0.2, 0.25) is 0 Å². The number of pyridine rings is 1. The van der Waals surface area contributed by atoms with Gasteiger partial charge in [-0.15, -0.1) is 0 Å². The Labute approximate surface area is 86.7 Å². The molecule has 1 N–H and O–H groups in total. The molecule has 0 bridgehead atoms. The first-order valence-electron chi connectivity index (χ1n) is 4.84. The van der Waals surface area contributed by atoms with Crippen LogP contribution in [-0.2, 0) is 0 Å². The average Bonchev–Trinajstić information content (AvgIpc) is 2.73. The van der Waals surface area contributed by atoms with E-state index in [1.807, 2.05) is 31.3 Å². The van der Waals surface area contributed by atoms with E-state index in [-0.39, 0.29) is 0 Å². The number of hydrogen-bond donors (Lipinski definition) is 1. The summed E-state index contributed by atoms with van der Waals surface area (Å²) in [5.74, 6) is 0. The third-order valence-corrected chi connectivity index (χ3v) is 2.56. The van der Waals surface area contributed by atoms with E-state index in [1.165, 1.54) is 0 Å². The summed E-state index contributed by atoms with van der Waals surface area (Å²) in [4.78, 5) is 4.44. The third kappa shape index (κ3) is 1.09. The van der Waals surface area contributed by atoms with E-state index in [2.05, 4.69) is 16.4 Å². The lowest BCUT2D eigenvalue weighted by Gasteiger charge is -2.05. The maximum Gasteiger partial charge on any atom is 0.228 e. The highest BCUT2D eigenvalue weighted by Gasteiger charge is 2.08. The number of rotatable bonds is 1. The highest BCUT2D eigenvalue weighted by molar-refractivity contribution is 6.05. The number of hydrogen-bond acceptors (Lipinski definition) is 3. The van der Waals surface area contributed by atoms with Crippen LogP contribution in [0, 0.1) is 0 Å². The predicted molar refractivity (Wildman–Crippen MR) is 61.1 cm³/mol. The normalized spacial score (nSPS) is 11.0. The molecule has 2 aromatic heterocycles. The van der Waals surface area contributed by atoms with E-state index in [4.69, 9.17) is 4.42 Å². The van der Waals surface area contributed by atoms with Crippen LogP contribution < -0.4 is 5.32 Å². The molecule has 2 heterocycles. The molecule has 0 amide bonds. The van der Waals surface area contributed by atoms with Crippen LogP contribution in [0.1, 0.15) is 0 Å². The molecule has 1 aromatic carbocycles. The zero-order valence-corrected chi connectivity index (χ0v) is 8.32. The molecule has 74 valence electrons. The molecular weight excluding hydrogens is 188 g/mol. The van der Waals surface area contributed by atoms with Gasteiger partial charge >= 0.3 is 0 Å². The zero-order valence-electron chi connectivity index (χ0n) is 8.32. The van der Waals surface area contributed by atoms with Gasteiger partial charge in [-0.2, -0.15) is 0 Å². The van der Waals surface area contributed by atoms with Crippen molar-refractivity contribution in [2.45, 2.75) is 0 Å². The number of para-hydroxylation sites is 1. The van der Waals surface area contributed by atoms with Gasteiger partial charge < -0.3 is 9.73 Å². The molecule has 0 saturated heterocycles. The summed E-state index contributed by atoms with van der Waals surface area (Å²) in [5.41, 5.74) is 2.70. The molecule has 0 aliphatic carbocycles. The maximum atomic E-state index is 5.32. The second-order valence-corrected chi connectivity index (χ2v) is 3.39. The molecule has 3 aromatic rings. The molecule has 0 radical (unpaired) electrons. The lowest BCUT2D eigenvalue weighted by Crippen LogP contribution is -1.91. The van der Waals surface area contributed by atoms with Crippen molar-refractivity contribution < 1.29 is 4.42 Å². The highest BCUT2D eigenvalue weighted by Crippen LogP contribution is 2.30. The third-order valence-electron chi connectivity index (χ3n) is 2.56. The summed E-state index contributed by atoms with van der Waals surface area (Å²) in [5, 5.41) is 5.34. The van der Waals surface area contributed by atoms with Gasteiger partial charge in [-0.05, 0) is 12.1 Å². The highest BCUT2D eigenvalue weighted by atomic mass is 16.3. The minimum Gasteiger partial charge on any atom is -0.446 e. The Kier molecular flexibility index (Phi) is 1.65. The van der Waals surface area contributed by atoms with Gasteiger partial charge in [0, 0.05) is 12.4 Å². The summed E-state index contributed by atoms with van der Waals surface area (Å²) in [7, 11) is 1.91. The summed E-state index contributed by atoms with van der Waals surface area (Å²) >= 11 is 0. The molecule has 3 nitrogen and oxygen atoms in total. The number of nitrogens with one attached hydrogen (secondary N) is 1. The van der Waals surface area contributed by atoms with Crippen molar-refractivity contribution in [2.75, 3.05) is 12.4 Å². The van der Waals surface area contributed by atoms with Gasteiger partial charge in [0.15, 0.2) is 0 Å². The first-order valence-corrected chi connectivity index (χ1v) is 4.84. The molecule has 15 heavy (non-hydrogen) atoms. The van der Waals surface area contributed by atoms with Crippen LogP contribution in [-0.4, -0.2) is 12.0 Å². The van der Waals surface area contributed by atoms with E-state index in [9.17, 15) is 0 Å². The van der Waals surface area contributed by atoms with Crippen molar-refractivity contribution in [3.05, 3.63) is 36.6 Å². The van der Waals surface area contributed by atoms with Crippen LogP contribution in [0.5, 0.6) is 0 Å². The van der Waals surface area contributed by atoms with Crippen molar-refractivity contribution in [2.24, 2.45) is 0 Å². The standard InChI is InChI=1S/C12H10N2O/c1-13-11-8-4-2-3-5-10(8)14-12-9(11)6-7-15-12/h2-7H,1H3,(H,13,14). The Morgan fingerprint density at radius 2 is 2.00 bits per heavy atom. The fraction of sp³-hybridized carbons (Fsp3) is 0.0833. The molecule has 0 atom stereocenters. The molecule has 0 aliphatic rings. The fourth-order valence-corrected chi connectivity index (χ4v) is 1.88. The SMILES string of the molecule is CNc1c2ccccc2nc2occc12. The van der Waals surface area contributed by atoms with Crippen molar-refractivity contribution in [1.29, 1.82) is 0 Å². The minimum atomic E-state index is 0.679. The second kappa shape index (κ2) is 2.98. The molecule has 0 unspecified atom stereocenters. The average molecular weight is 198 g/mol. The monoisotopic (exact) mass is 198 g/mol. The molecule has 0 spiro atoms. The molecular formula is C12H10N2O. The smallest absolute Gasteiger partial charge is 0.228 e. The topological polar surface area (TPSA) is 38.1 Å². The van der Waals surface area contributed by atoms with Crippen molar-refractivity contribution >= 4 is 27.7 Å². The summed E-state index contributed by atoms with van der Waals surface area (Å²) in [6.45, 7) is 0. The van der Waals surface area contributed by atoms with Crippen molar-refractivity contribution in [1.82, 2.24) is 4.98 Å². The van der Waals surface area contributed by atoms with Crippen molar-refractivity contribution in [3.8, 4) is 0 Å². The molecule has 0 aliphatic heterocycles. The molecule has 0 fully saturated rings. The maximum absolute atomic E-state index is 5.32. The number of furan rings is 1. The van der Waals surface area contributed by atoms with Gasteiger partial charge in [-0.25, -0.2) is 4.98 Å². The largest absolute Gasteiger partial charge is 0.446 e. The summed E-state index contributed by atoms with van der Waals surface area (Å²) < 4.78 is 5.32. The zero-order chi connectivity index (χ0) is 10.3. The Morgan fingerprint density at radius 1 is 1.13 bits per heavy atom. The van der Waals surface area contributed by atoms with Crippen LogP contribution >= 0.6 is 0 Å². The fourth-order valence-electron chi connectivity index (χ4n) is 1.88. The van der Waals surface area contributed by atoms with Gasteiger partial charge in [-0.1, -0.05) is 18.2 Å². The van der Waals surface area contributed by atoms with E-state index in [0.717, 1.165) is 22.0 Å². The Hall–Kier alpha value is -2.03. The molecule has 3 rings (SSSR count). The first-order chi connectivity index (χ1) is 7.40. The lowest BCUT2D eigenvalue weighted by molar-refractivity contribution is 0.605. The lowest BCUT2D eigenvalue weighted by atomic mass is 10.1. The molecule has 3 heteroatoms. The number of aromatic nitrogens is 1. The van der Waals surface area contributed by atoms with Crippen molar-refractivity contribution in [3.63, 3.8) is 0 Å². The second-order valence-electron chi connectivity index (χ2n) is 3.39. The first kappa shape index (κ1) is 8.29. The van der Waals surface area contributed by atoms with E-state index < -0.39 is 0 Å². The summed E-state index contributed by atoms with van der Waals surface area (Å²) in [6, 6.07) is 9.96. The van der Waals surface area contributed by atoms with Gasteiger partial charge in [0.2, 0.25) is 5.71 Å². The van der Waals surface area contributed by atoms with Gasteiger partial charge in [0.25, 0.3) is 0 Å². The van der Waals surface area contributed by atoms with Crippen LogP contribution in [0.4, 0.5) is 5.69 Å².